The summed E-state index contributed by atoms with van der Waals surface area (Å²) in [6.07, 6.45) is 0. The van der Waals surface area contributed by atoms with Crippen LogP contribution in [0.25, 0.3) is 0 Å². The van der Waals surface area contributed by atoms with E-state index >= 15 is 0 Å². The molecule has 0 aliphatic carbocycles. The van der Waals surface area contributed by atoms with Gasteiger partial charge in [-0.25, -0.2) is 4.79 Å². The zero-order chi connectivity index (χ0) is 20.1. The van der Waals surface area contributed by atoms with Crippen molar-refractivity contribution in [1.82, 2.24) is 4.57 Å². The summed E-state index contributed by atoms with van der Waals surface area (Å²) in [7, 11) is 0. The van der Waals surface area contributed by atoms with Gasteiger partial charge in [0.1, 0.15) is 0 Å². The highest BCUT2D eigenvalue weighted by Gasteiger charge is 2.15. The van der Waals surface area contributed by atoms with Crippen molar-refractivity contribution in [3.63, 3.8) is 0 Å². The van der Waals surface area contributed by atoms with Crippen LogP contribution in [0.2, 0.25) is 0 Å². The number of carbonyl (C=O) groups is 2. The Labute approximate surface area is 164 Å². The molecule has 0 spiro atoms. The summed E-state index contributed by atoms with van der Waals surface area (Å²) < 4.78 is 2.10. The van der Waals surface area contributed by atoms with Crippen molar-refractivity contribution in [2.75, 3.05) is 16.0 Å². The zero-order valence-electron chi connectivity index (χ0n) is 16.2. The quantitative estimate of drug-likeness (QED) is 0.585. The van der Waals surface area contributed by atoms with E-state index in [0.717, 1.165) is 17.9 Å². The number of para-hydroxylation sites is 1. The van der Waals surface area contributed by atoms with Crippen molar-refractivity contribution < 1.29 is 9.59 Å². The number of carbonyl (C=O) groups excluding carboxylic acids is 2. The summed E-state index contributed by atoms with van der Waals surface area (Å²) in [6, 6.07) is 17.8. The highest BCUT2D eigenvalue weighted by Crippen LogP contribution is 2.20. The number of aryl methyl sites for hydroxylation is 1. The number of aromatic nitrogens is 1. The number of nitrogens with one attached hydrogen (secondary N) is 3. The average Bonchev–Trinajstić information content (AvgIpc) is 2.96. The van der Waals surface area contributed by atoms with Gasteiger partial charge in [0, 0.05) is 35.0 Å². The molecule has 1 heterocycles. The second-order valence-electron chi connectivity index (χ2n) is 6.51. The van der Waals surface area contributed by atoms with Gasteiger partial charge in [-0.15, -0.1) is 0 Å². The fourth-order valence-corrected chi connectivity index (χ4v) is 3.21. The maximum atomic E-state index is 12.7. The van der Waals surface area contributed by atoms with Gasteiger partial charge in [-0.1, -0.05) is 24.3 Å². The Morgan fingerprint density at radius 2 is 1.43 bits per heavy atom. The Morgan fingerprint density at radius 3 is 2.07 bits per heavy atom. The third-order valence-electron chi connectivity index (χ3n) is 4.54. The van der Waals surface area contributed by atoms with Crippen LogP contribution in [0.1, 0.15) is 28.7 Å². The van der Waals surface area contributed by atoms with Crippen LogP contribution in [-0.2, 0) is 6.54 Å². The maximum Gasteiger partial charge on any atom is 0.323 e. The molecular weight excluding hydrogens is 352 g/mol. The first-order valence-corrected chi connectivity index (χ1v) is 9.19. The minimum absolute atomic E-state index is 0.168. The largest absolute Gasteiger partial charge is 0.349 e. The van der Waals surface area contributed by atoms with Crippen molar-refractivity contribution in [1.29, 1.82) is 0 Å². The van der Waals surface area contributed by atoms with Crippen molar-refractivity contribution in [3.8, 4) is 0 Å². The summed E-state index contributed by atoms with van der Waals surface area (Å²) in [4.78, 5) is 24.8. The molecule has 28 heavy (non-hydrogen) atoms. The van der Waals surface area contributed by atoms with Gasteiger partial charge in [-0.2, -0.15) is 0 Å². The molecule has 0 saturated carbocycles. The number of anilines is 3. The zero-order valence-corrected chi connectivity index (χ0v) is 16.2. The van der Waals surface area contributed by atoms with Crippen molar-refractivity contribution in [2.45, 2.75) is 27.3 Å². The van der Waals surface area contributed by atoms with Gasteiger partial charge in [-0.3, -0.25) is 4.79 Å². The highest BCUT2D eigenvalue weighted by atomic mass is 16.2. The number of amides is 3. The van der Waals surface area contributed by atoms with E-state index in [9.17, 15) is 9.59 Å². The van der Waals surface area contributed by atoms with E-state index in [0.29, 0.717) is 22.6 Å². The molecule has 0 atom stereocenters. The average molecular weight is 376 g/mol. The van der Waals surface area contributed by atoms with E-state index in [1.807, 2.05) is 50.2 Å². The van der Waals surface area contributed by atoms with Crippen molar-refractivity contribution >= 4 is 29.0 Å². The molecule has 0 radical (unpaired) electrons. The third kappa shape index (κ3) is 4.40. The van der Waals surface area contributed by atoms with E-state index < -0.39 is 0 Å². The van der Waals surface area contributed by atoms with Gasteiger partial charge < -0.3 is 20.5 Å². The van der Waals surface area contributed by atoms with E-state index in [-0.39, 0.29) is 11.9 Å². The molecule has 3 rings (SSSR count). The number of hydrogen-bond acceptors (Lipinski definition) is 2. The van der Waals surface area contributed by atoms with E-state index in [1.54, 1.807) is 24.3 Å². The Bertz CT molecular complexity index is 993. The lowest BCUT2D eigenvalue weighted by Crippen LogP contribution is -2.19. The van der Waals surface area contributed by atoms with Gasteiger partial charge in [-0.05, 0) is 57.2 Å². The van der Waals surface area contributed by atoms with Gasteiger partial charge in [0.2, 0.25) is 0 Å². The topological polar surface area (TPSA) is 75.2 Å². The smallest absolute Gasteiger partial charge is 0.323 e. The van der Waals surface area contributed by atoms with Crippen LogP contribution in [-0.4, -0.2) is 16.5 Å². The van der Waals surface area contributed by atoms with Crippen LogP contribution in [0, 0.1) is 13.8 Å². The van der Waals surface area contributed by atoms with E-state index in [1.165, 1.54) is 0 Å². The normalized spacial score (nSPS) is 10.4. The molecule has 0 bridgehead atoms. The molecule has 3 aromatic rings. The first kappa shape index (κ1) is 19.2. The van der Waals surface area contributed by atoms with Gasteiger partial charge in [0.05, 0.1) is 5.56 Å². The highest BCUT2D eigenvalue weighted by molar-refractivity contribution is 6.06. The first-order chi connectivity index (χ1) is 13.5. The van der Waals surface area contributed by atoms with Crippen LogP contribution < -0.4 is 16.0 Å². The summed E-state index contributed by atoms with van der Waals surface area (Å²) in [5, 5.41) is 8.43. The first-order valence-electron chi connectivity index (χ1n) is 9.19. The minimum Gasteiger partial charge on any atom is -0.349 e. The summed E-state index contributed by atoms with van der Waals surface area (Å²) >= 11 is 0. The predicted octanol–water partition coefficient (Wildman–Crippen LogP) is 5.02. The van der Waals surface area contributed by atoms with Crippen molar-refractivity contribution in [3.05, 3.63) is 77.6 Å². The molecule has 3 amide bonds. The SMILES string of the molecule is CCn1c(C)cc(C(=O)Nc2cccc(NC(=O)Nc3ccccc3)c2)c1C. The Kier molecular flexibility index (Phi) is 5.79. The van der Waals surface area contributed by atoms with E-state index in [2.05, 4.69) is 27.4 Å². The van der Waals surface area contributed by atoms with Crippen LogP contribution in [0.4, 0.5) is 21.9 Å². The minimum atomic E-state index is -0.346. The molecule has 0 unspecified atom stereocenters. The molecule has 1 aromatic heterocycles. The summed E-state index contributed by atoms with van der Waals surface area (Å²) in [5.41, 5.74) is 4.55. The standard InChI is InChI=1S/C22H24N4O2/c1-4-26-15(2)13-20(16(26)3)21(27)23-18-11-8-12-19(14-18)25-22(28)24-17-9-6-5-7-10-17/h5-14H,4H2,1-3H3,(H,23,27)(H2,24,25,28). The van der Waals surface area contributed by atoms with Gasteiger partial charge >= 0.3 is 6.03 Å². The second kappa shape index (κ2) is 8.43. The maximum absolute atomic E-state index is 12.7. The summed E-state index contributed by atoms with van der Waals surface area (Å²) in [6.45, 7) is 6.80. The molecule has 2 aromatic carbocycles. The lowest BCUT2D eigenvalue weighted by molar-refractivity contribution is 0.102. The number of urea groups is 1. The fraction of sp³-hybridized carbons (Fsp3) is 0.182. The summed E-state index contributed by atoms with van der Waals surface area (Å²) in [5.74, 6) is -0.168. The Balaban J connectivity index is 1.68. The van der Waals surface area contributed by atoms with Gasteiger partial charge in [0.15, 0.2) is 0 Å². The number of hydrogen-bond donors (Lipinski definition) is 3. The van der Waals surface area contributed by atoms with Crippen LogP contribution in [0.15, 0.2) is 60.7 Å². The molecule has 6 heteroatoms. The van der Waals surface area contributed by atoms with Gasteiger partial charge in [0.25, 0.3) is 5.91 Å². The van der Waals surface area contributed by atoms with Crippen LogP contribution in [0.3, 0.4) is 0 Å². The molecule has 0 aliphatic rings. The fourth-order valence-electron chi connectivity index (χ4n) is 3.21. The molecule has 0 aliphatic heterocycles. The van der Waals surface area contributed by atoms with Crippen LogP contribution >= 0.6 is 0 Å². The van der Waals surface area contributed by atoms with Crippen LogP contribution in [0.5, 0.6) is 0 Å². The molecule has 3 N–H and O–H groups in total. The molecule has 144 valence electrons. The Hall–Kier alpha value is -3.54. The monoisotopic (exact) mass is 376 g/mol. The predicted molar refractivity (Wildman–Crippen MR) is 113 cm³/mol. The lowest BCUT2D eigenvalue weighted by Gasteiger charge is -2.10. The number of rotatable bonds is 5. The Morgan fingerprint density at radius 1 is 0.821 bits per heavy atom. The molecular formula is C22H24N4O2. The molecule has 6 nitrogen and oxygen atoms in total. The number of nitrogens with zero attached hydrogens (tertiary/aromatic N) is 1. The lowest BCUT2D eigenvalue weighted by atomic mass is 10.2. The molecule has 0 saturated heterocycles. The third-order valence-corrected chi connectivity index (χ3v) is 4.54. The van der Waals surface area contributed by atoms with Crippen molar-refractivity contribution in [2.24, 2.45) is 0 Å². The number of benzene rings is 2. The second-order valence-corrected chi connectivity index (χ2v) is 6.51. The van der Waals surface area contributed by atoms with E-state index in [4.69, 9.17) is 0 Å². The molecule has 0 fully saturated rings.